The van der Waals surface area contributed by atoms with Crippen LogP contribution in [0.15, 0.2) is 82.7 Å². The van der Waals surface area contributed by atoms with Crippen molar-refractivity contribution < 1.29 is 23.8 Å². The number of hydrogen-bond donors (Lipinski definition) is 1. The van der Waals surface area contributed by atoms with Crippen molar-refractivity contribution in [2.75, 3.05) is 20.8 Å². The van der Waals surface area contributed by atoms with E-state index < -0.39 is 12.0 Å². The third-order valence-corrected chi connectivity index (χ3v) is 6.75. The Balaban J connectivity index is 1.69. The lowest BCUT2D eigenvalue weighted by Crippen LogP contribution is -2.38. The third-order valence-electron chi connectivity index (χ3n) is 5.86. The largest absolute Gasteiger partial charge is 0.493 e. The first-order valence-electron chi connectivity index (χ1n) is 11.6. The van der Waals surface area contributed by atoms with E-state index in [0.717, 1.165) is 5.56 Å². The minimum absolute atomic E-state index is 0.0585. The fourth-order valence-corrected chi connectivity index (χ4v) is 5.16. The van der Waals surface area contributed by atoms with Crippen LogP contribution in [0, 0.1) is 0 Å². The number of carbonyl (C=O) groups excluding carboxylic acids is 2. The lowest BCUT2D eigenvalue weighted by molar-refractivity contribution is -0.138. The summed E-state index contributed by atoms with van der Waals surface area (Å²) in [5, 5.41) is 5.49. The van der Waals surface area contributed by atoms with Gasteiger partial charge in [-0.2, -0.15) is 0 Å². The highest BCUT2D eigenvalue weighted by atomic mass is 32.2. The molecule has 192 valence electrons. The number of para-hydroxylation sites is 1. The number of nitrogens with one attached hydrogen (secondary N) is 1. The summed E-state index contributed by atoms with van der Waals surface area (Å²) < 4.78 is 16.7. The first kappa shape index (κ1) is 26.0. The van der Waals surface area contributed by atoms with Gasteiger partial charge < -0.3 is 24.4 Å². The minimum atomic E-state index is -0.649. The zero-order valence-electron chi connectivity index (χ0n) is 20.9. The second-order valence-corrected chi connectivity index (χ2v) is 9.01. The number of nitrogens with zero attached hydrogens (tertiary/aromatic N) is 3. The molecule has 1 amide bonds. The third kappa shape index (κ3) is 5.54. The molecule has 0 aliphatic carbocycles. The molecular formula is C27H28N4O5S. The van der Waals surface area contributed by atoms with E-state index in [1.54, 1.807) is 39.6 Å². The molecule has 1 aromatic carbocycles. The minimum Gasteiger partial charge on any atom is -0.493 e. The number of carbonyl (C=O) groups is 2. The van der Waals surface area contributed by atoms with Crippen molar-refractivity contribution in [1.82, 2.24) is 15.2 Å². The predicted molar refractivity (Wildman–Crippen MR) is 142 cm³/mol. The van der Waals surface area contributed by atoms with Gasteiger partial charge in [0.15, 0.2) is 16.7 Å². The van der Waals surface area contributed by atoms with Gasteiger partial charge in [-0.15, -0.1) is 0 Å². The predicted octanol–water partition coefficient (Wildman–Crippen LogP) is 4.11. The molecule has 0 fully saturated rings. The van der Waals surface area contributed by atoms with Crippen molar-refractivity contribution in [2.24, 2.45) is 4.99 Å². The summed E-state index contributed by atoms with van der Waals surface area (Å²) in [4.78, 5) is 36.8. The summed E-state index contributed by atoms with van der Waals surface area (Å²) in [6.07, 6.45) is 4.97. The number of methoxy groups -OCH3 is 2. The van der Waals surface area contributed by atoms with Crippen LogP contribution in [0.3, 0.4) is 0 Å². The Kier molecular flexibility index (Phi) is 8.29. The van der Waals surface area contributed by atoms with Gasteiger partial charge in [-0.3, -0.25) is 9.78 Å². The second-order valence-electron chi connectivity index (χ2n) is 8.17. The quantitative estimate of drug-likeness (QED) is 0.369. The SMILES string of the molecule is C=CCOC(=O)C1=C(C)N=C2SC=C(CC(=O)NCc3ccncc3)N2[C@H]1c1cccc(OC)c1OC. The first-order valence-corrected chi connectivity index (χ1v) is 12.4. The number of aromatic nitrogens is 1. The average molecular weight is 521 g/mol. The van der Waals surface area contributed by atoms with Crippen LogP contribution in [0.2, 0.25) is 0 Å². The number of amides is 1. The fourth-order valence-electron chi connectivity index (χ4n) is 4.19. The Morgan fingerprint density at radius 1 is 1.19 bits per heavy atom. The van der Waals surface area contributed by atoms with Crippen LogP contribution in [-0.2, 0) is 20.9 Å². The highest BCUT2D eigenvalue weighted by Crippen LogP contribution is 2.48. The molecule has 0 saturated carbocycles. The van der Waals surface area contributed by atoms with E-state index in [0.29, 0.717) is 45.7 Å². The maximum absolute atomic E-state index is 13.3. The van der Waals surface area contributed by atoms with Crippen molar-refractivity contribution >= 4 is 28.8 Å². The van der Waals surface area contributed by atoms with Crippen LogP contribution in [0.5, 0.6) is 11.5 Å². The van der Waals surface area contributed by atoms with E-state index in [-0.39, 0.29) is 18.9 Å². The molecule has 2 aromatic rings. The number of rotatable bonds is 10. The van der Waals surface area contributed by atoms with Crippen LogP contribution < -0.4 is 14.8 Å². The molecule has 2 aliphatic heterocycles. The number of pyridine rings is 1. The van der Waals surface area contributed by atoms with E-state index in [4.69, 9.17) is 14.2 Å². The molecule has 0 unspecified atom stereocenters. The van der Waals surface area contributed by atoms with Crippen LogP contribution in [-0.4, -0.2) is 47.8 Å². The van der Waals surface area contributed by atoms with Gasteiger partial charge in [-0.05, 0) is 36.1 Å². The van der Waals surface area contributed by atoms with E-state index in [1.807, 2.05) is 34.6 Å². The smallest absolute Gasteiger partial charge is 0.338 e. The van der Waals surface area contributed by atoms with Crippen molar-refractivity contribution in [2.45, 2.75) is 25.9 Å². The van der Waals surface area contributed by atoms with Crippen molar-refractivity contribution in [3.63, 3.8) is 0 Å². The number of hydrogen-bond acceptors (Lipinski definition) is 9. The molecule has 2 aliphatic rings. The van der Waals surface area contributed by atoms with E-state index in [1.165, 1.54) is 17.8 Å². The molecular weight excluding hydrogens is 492 g/mol. The highest BCUT2D eigenvalue weighted by molar-refractivity contribution is 8.16. The van der Waals surface area contributed by atoms with Crippen molar-refractivity contribution in [3.8, 4) is 11.5 Å². The van der Waals surface area contributed by atoms with Crippen molar-refractivity contribution in [3.05, 3.63) is 88.9 Å². The lowest BCUT2D eigenvalue weighted by Gasteiger charge is -2.37. The fraction of sp³-hybridized carbons (Fsp3) is 0.259. The topological polar surface area (TPSA) is 102 Å². The average Bonchev–Trinajstić information content (AvgIpc) is 3.31. The van der Waals surface area contributed by atoms with Gasteiger partial charge >= 0.3 is 5.97 Å². The Labute approximate surface area is 219 Å². The van der Waals surface area contributed by atoms with Gasteiger partial charge in [0.25, 0.3) is 0 Å². The Morgan fingerprint density at radius 2 is 1.97 bits per heavy atom. The number of fused-ring (bicyclic) bond motifs is 1. The molecule has 1 atom stereocenters. The molecule has 37 heavy (non-hydrogen) atoms. The number of thioether (sulfide) groups is 1. The normalized spacial score (nSPS) is 16.4. The van der Waals surface area contributed by atoms with Crippen LogP contribution in [0.25, 0.3) is 0 Å². The molecule has 1 aromatic heterocycles. The molecule has 0 radical (unpaired) electrons. The molecule has 3 heterocycles. The number of allylic oxidation sites excluding steroid dienone is 1. The molecule has 0 saturated heterocycles. The molecule has 10 heteroatoms. The number of amidine groups is 1. The number of aliphatic imine (C=N–C) groups is 1. The van der Waals surface area contributed by atoms with E-state index >= 15 is 0 Å². The summed E-state index contributed by atoms with van der Waals surface area (Å²) in [6.45, 7) is 5.85. The highest BCUT2D eigenvalue weighted by Gasteiger charge is 2.42. The van der Waals surface area contributed by atoms with E-state index in [9.17, 15) is 9.59 Å². The summed E-state index contributed by atoms with van der Waals surface area (Å²) in [5.74, 6) is 0.321. The molecule has 0 bridgehead atoms. The van der Waals surface area contributed by atoms with Gasteiger partial charge in [0.2, 0.25) is 5.91 Å². The van der Waals surface area contributed by atoms with Gasteiger partial charge in [-0.25, -0.2) is 9.79 Å². The number of esters is 1. The molecule has 9 nitrogen and oxygen atoms in total. The molecule has 1 N–H and O–H groups in total. The zero-order valence-corrected chi connectivity index (χ0v) is 21.7. The van der Waals surface area contributed by atoms with Gasteiger partial charge in [0.05, 0.1) is 38.0 Å². The summed E-state index contributed by atoms with van der Waals surface area (Å²) >= 11 is 1.40. The number of benzene rings is 1. The molecule has 0 spiro atoms. The Hall–Kier alpha value is -4.05. The van der Waals surface area contributed by atoms with Crippen LogP contribution >= 0.6 is 11.8 Å². The zero-order chi connectivity index (χ0) is 26.4. The molecule has 4 rings (SSSR count). The first-order chi connectivity index (χ1) is 18.0. The van der Waals surface area contributed by atoms with E-state index in [2.05, 4.69) is 21.9 Å². The van der Waals surface area contributed by atoms with Crippen LogP contribution in [0.4, 0.5) is 0 Å². The van der Waals surface area contributed by atoms with Gasteiger partial charge in [-0.1, -0.05) is 36.5 Å². The Bertz CT molecular complexity index is 1290. The monoisotopic (exact) mass is 520 g/mol. The maximum Gasteiger partial charge on any atom is 0.338 e. The summed E-state index contributed by atoms with van der Waals surface area (Å²) in [6, 6.07) is 8.53. The second kappa shape index (κ2) is 11.8. The lowest BCUT2D eigenvalue weighted by atomic mass is 9.92. The maximum atomic E-state index is 13.3. The van der Waals surface area contributed by atoms with Gasteiger partial charge in [0, 0.05) is 30.2 Å². The standard InChI is InChI=1S/C27H28N4O5S/c1-5-13-36-26(33)23-17(2)30-27-31(24(23)20-7-6-8-21(34-3)25(20)35-4)19(16-37-27)14-22(32)29-15-18-9-11-28-12-10-18/h5-12,16,24H,1,13-15H2,2-4H3,(H,29,32)/t24-/m0/s1. The Morgan fingerprint density at radius 3 is 2.68 bits per heavy atom. The van der Waals surface area contributed by atoms with Crippen molar-refractivity contribution in [1.29, 1.82) is 0 Å². The number of ether oxygens (including phenoxy) is 3. The summed E-state index contributed by atoms with van der Waals surface area (Å²) in [5.41, 5.74) is 3.21. The van der Waals surface area contributed by atoms with Crippen LogP contribution in [0.1, 0.15) is 30.5 Å². The summed E-state index contributed by atoms with van der Waals surface area (Å²) in [7, 11) is 3.10. The van der Waals surface area contributed by atoms with Gasteiger partial charge in [0.1, 0.15) is 6.61 Å².